The number of phosphoric acid groups is 1. The van der Waals surface area contributed by atoms with Crippen LogP contribution in [0.25, 0.3) is 0 Å². The van der Waals surface area contributed by atoms with Crippen LogP contribution in [0.5, 0.6) is 5.75 Å². The first kappa shape index (κ1) is 41.4. The van der Waals surface area contributed by atoms with Gasteiger partial charge in [0.2, 0.25) is 11.2 Å². The number of fused-ring (bicyclic) bond motifs is 5. The number of nitrogens with one attached hydrogen (secondary N) is 1. The van der Waals surface area contributed by atoms with Crippen molar-refractivity contribution in [2.24, 2.45) is 5.16 Å². The van der Waals surface area contributed by atoms with E-state index >= 15 is 0 Å². The van der Waals surface area contributed by atoms with Crippen LogP contribution in [-0.2, 0) is 47.5 Å². The van der Waals surface area contributed by atoms with Crippen molar-refractivity contribution in [3.05, 3.63) is 135 Å². The largest absolute Gasteiger partial charge is 0.514 e. The van der Waals surface area contributed by atoms with Crippen LogP contribution >= 0.6 is 7.82 Å². The number of hydrogen-bond donors (Lipinski definition) is 1. The summed E-state index contributed by atoms with van der Waals surface area (Å²) < 4.78 is 70.4. The Morgan fingerprint density at radius 3 is 2.27 bits per heavy atom. The van der Waals surface area contributed by atoms with Crippen LogP contribution in [0.3, 0.4) is 0 Å². The number of carbonyl (C=O) groups excluding carboxylic acids is 3. The third kappa shape index (κ3) is 9.28. The highest BCUT2D eigenvalue weighted by Crippen LogP contribution is 2.51. The van der Waals surface area contributed by atoms with Crippen LogP contribution in [0, 0.1) is 11.6 Å². The van der Waals surface area contributed by atoms with Gasteiger partial charge in [-0.1, -0.05) is 71.9 Å². The smallest absolute Gasteiger partial charge is 0.432 e. The van der Waals surface area contributed by atoms with Crippen molar-refractivity contribution in [2.75, 3.05) is 19.8 Å². The van der Waals surface area contributed by atoms with Gasteiger partial charge in [0, 0.05) is 43.4 Å². The number of carbonyl (C=O) groups is 3. The summed E-state index contributed by atoms with van der Waals surface area (Å²) in [6, 6.07) is 19.6. The molecule has 2 amide bonds. The van der Waals surface area contributed by atoms with E-state index in [4.69, 9.17) is 27.9 Å². The summed E-state index contributed by atoms with van der Waals surface area (Å²) in [5.74, 6) is -4.16. The highest BCUT2D eigenvalue weighted by molar-refractivity contribution is 7.48. The van der Waals surface area contributed by atoms with E-state index in [-0.39, 0.29) is 37.1 Å². The van der Waals surface area contributed by atoms with Gasteiger partial charge in [-0.05, 0) is 43.9 Å². The van der Waals surface area contributed by atoms with Crippen molar-refractivity contribution in [1.29, 1.82) is 0 Å². The fraction of sp³-hybridized carbons (Fsp3) is 0.341. The maximum Gasteiger partial charge on any atom is 0.514 e. The highest BCUT2D eigenvalue weighted by atomic mass is 31.2. The van der Waals surface area contributed by atoms with Gasteiger partial charge in [0.15, 0.2) is 11.3 Å². The number of hydrogen-bond acceptors (Lipinski definition) is 12. The second kappa shape index (κ2) is 17.6. The first-order chi connectivity index (χ1) is 28.3. The molecule has 1 saturated heterocycles. The van der Waals surface area contributed by atoms with E-state index in [1.807, 2.05) is 19.1 Å². The summed E-state index contributed by atoms with van der Waals surface area (Å²) in [5.41, 5.74) is -0.945. The molecule has 1 N–H and O–H groups in total. The lowest BCUT2D eigenvalue weighted by Gasteiger charge is -2.42. The molecule has 1 fully saturated rings. The van der Waals surface area contributed by atoms with Crippen LogP contribution in [0.2, 0.25) is 0 Å². The Labute approximate surface area is 337 Å². The van der Waals surface area contributed by atoms with Gasteiger partial charge < -0.3 is 29.1 Å². The summed E-state index contributed by atoms with van der Waals surface area (Å²) in [6.45, 7) is 2.06. The number of oxime groups is 1. The number of nitrogens with zero attached hydrogens (tertiary/aromatic N) is 3. The number of amides is 2. The van der Waals surface area contributed by atoms with E-state index in [1.54, 1.807) is 60.4 Å². The molecular weight excluding hydrogens is 793 g/mol. The van der Waals surface area contributed by atoms with Crippen LogP contribution in [-0.4, -0.2) is 64.5 Å². The molecule has 3 aromatic carbocycles. The summed E-state index contributed by atoms with van der Waals surface area (Å²) >= 11 is 0. The van der Waals surface area contributed by atoms with E-state index in [2.05, 4.69) is 10.5 Å². The molecule has 3 atom stereocenters. The van der Waals surface area contributed by atoms with Crippen molar-refractivity contribution in [2.45, 2.75) is 70.6 Å². The third-order valence-electron chi connectivity index (χ3n) is 10.3. The lowest BCUT2D eigenvalue weighted by molar-refractivity contribution is -0.0655. The predicted molar refractivity (Wildman–Crippen MR) is 207 cm³/mol. The van der Waals surface area contributed by atoms with Gasteiger partial charge in [-0.2, -0.15) is 0 Å². The lowest BCUT2D eigenvalue weighted by atomic mass is 9.84. The summed E-state index contributed by atoms with van der Waals surface area (Å²) in [7, 11) is -4.24. The monoisotopic (exact) mass is 834 g/mol. The Kier molecular flexibility index (Phi) is 12.4. The standard InChI is InChI=1S/C41H41F2N4O11P/c1-26-20-41(58-45-26)16-15-27(2)46-23-34(41)47-22-32(38(49)44-21-30-13-14-31(42)19-33(30)43)36(48)37(35(47)39(46)50)57-40(51)53-17-18-54-59(52,55-24-28-9-5-3-6-10-28)56-25-29-11-7-4-8-12-29/h3-14,19,22,27,34H,15-18,20-21,23-25H2,1-2H3,(H,44,49)/t27-,34+,41-/m0/s1. The van der Waals surface area contributed by atoms with Crippen LogP contribution in [0.1, 0.15) is 76.7 Å². The van der Waals surface area contributed by atoms with Gasteiger partial charge >= 0.3 is 14.0 Å². The number of phosphoric ester groups is 1. The van der Waals surface area contributed by atoms with Gasteiger partial charge in [-0.25, -0.2) is 18.1 Å². The molecule has 59 heavy (non-hydrogen) atoms. The highest BCUT2D eigenvalue weighted by Gasteiger charge is 2.54. The molecule has 3 aliphatic heterocycles. The minimum Gasteiger partial charge on any atom is -0.432 e. The second-order valence-corrected chi connectivity index (χ2v) is 16.1. The molecule has 0 saturated carbocycles. The zero-order valence-electron chi connectivity index (χ0n) is 32.1. The van der Waals surface area contributed by atoms with Crippen LogP contribution < -0.4 is 15.5 Å². The van der Waals surface area contributed by atoms with Crippen LogP contribution in [0.15, 0.2) is 95.0 Å². The molecule has 0 aliphatic carbocycles. The Balaban J connectivity index is 1.13. The van der Waals surface area contributed by atoms with Gasteiger partial charge in [-0.3, -0.25) is 28.0 Å². The van der Waals surface area contributed by atoms with Gasteiger partial charge in [-0.15, -0.1) is 0 Å². The molecule has 18 heteroatoms. The van der Waals surface area contributed by atoms with E-state index < -0.39 is 85.6 Å². The van der Waals surface area contributed by atoms with Crippen LogP contribution in [0.4, 0.5) is 13.6 Å². The Morgan fingerprint density at radius 1 is 0.966 bits per heavy atom. The van der Waals surface area contributed by atoms with E-state index in [1.165, 1.54) is 10.8 Å². The minimum absolute atomic E-state index is 0.0601. The fourth-order valence-corrected chi connectivity index (χ4v) is 8.39. The van der Waals surface area contributed by atoms with Gasteiger partial charge in [0.1, 0.15) is 23.8 Å². The van der Waals surface area contributed by atoms with E-state index in [0.717, 1.165) is 12.1 Å². The van der Waals surface area contributed by atoms with E-state index in [0.29, 0.717) is 42.2 Å². The molecule has 3 aliphatic rings. The molecule has 0 radical (unpaired) electrons. The minimum atomic E-state index is -4.24. The summed E-state index contributed by atoms with van der Waals surface area (Å²) in [6.07, 6.45) is 1.12. The summed E-state index contributed by atoms with van der Waals surface area (Å²) in [5, 5.41) is 6.65. The molecule has 1 spiro atoms. The molecule has 15 nitrogen and oxygen atoms in total. The average molecular weight is 835 g/mol. The molecule has 2 bridgehead atoms. The van der Waals surface area contributed by atoms with Crippen molar-refractivity contribution >= 4 is 31.5 Å². The number of benzene rings is 3. The van der Waals surface area contributed by atoms with E-state index in [9.17, 15) is 32.5 Å². The second-order valence-electron chi connectivity index (χ2n) is 14.4. The zero-order chi connectivity index (χ0) is 41.7. The Morgan fingerprint density at radius 2 is 1.64 bits per heavy atom. The molecule has 4 heterocycles. The Bertz CT molecular complexity index is 2320. The number of ether oxygens (including phenoxy) is 2. The molecule has 310 valence electrons. The molecule has 1 aromatic heterocycles. The predicted octanol–water partition coefficient (Wildman–Crippen LogP) is 6.84. The summed E-state index contributed by atoms with van der Waals surface area (Å²) in [4.78, 5) is 62.9. The quantitative estimate of drug-likeness (QED) is 0.0800. The van der Waals surface area contributed by atoms with Crippen molar-refractivity contribution < 1.29 is 55.6 Å². The molecule has 0 unspecified atom stereocenters. The van der Waals surface area contributed by atoms with Crippen molar-refractivity contribution in [3.8, 4) is 5.75 Å². The first-order valence-electron chi connectivity index (χ1n) is 18.8. The molecule has 4 aromatic rings. The third-order valence-corrected chi connectivity index (χ3v) is 11.7. The normalized spacial score (nSPS) is 19.7. The fourth-order valence-electron chi connectivity index (χ4n) is 7.26. The number of rotatable bonds is 14. The number of halogens is 2. The molecular formula is C41H41F2N4O11P. The number of pyridine rings is 1. The Hall–Kier alpha value is -5.74. The van der Waals surface area contributed by atoms with Crippen molar-refractivity contribution in [1.82, 2.24) is 14.8 Å². The van der Waals surface area contributed by atoms with Crippen molar-refractivity contribution in [3.63, 3.8) is 0 Å². The lowest BCUT2D eigenvalue weighted by Crippen LogP contribution is -2.52. The molecule has 7 rings (SSSR count). The number of aromatic nitrogens is 1. The maximum atomic E-state index is 14.4. The average Bonchev–Trinajstić information content (AvgIpc) is 3.56. The maximum absolute atomic E-state index is 14.4. The first-order valence-corrected chi connectivity index (χ1v) is 20.3. The zero-order valence-corrected chi connectivity index (χ0v) is 33.0. The topological polar surface area (TPSA) is 173 Å². The SMILES string of the molecule is CC1=NO[C@@]2(CC[C@H](C)N3C[C@H]2n2cc(C(=O)NCc4ccc(F)cc4F)c(=O)c(OC(=O)OCCOP(=O)(OCc4ccccc4)OCc4ccccc4)c2C3=O)C1. The van der Waals surface area contributed by atoms with Gasteiger partial charge in [0.25, 0.3) is 11.8 Å². The van der Waals surface area contributed by atoms with Gasteiger partial charge in [0.05, 0.1) is 31.6 Å².